The predicted molar refractivity (Wildman–Crippen MR) is 118 cm³/mol. The van der Waals surface area contributed by atoms with Gasteiger partial charge < -0.3 is 10.2 Å². The highest BCUT2D eigenvalue weighted by Gasteiger charge is 2.37. The van der Waals surface area contributed by atoms with Crippen LogP contribution in [0.25, 0.3) is 0 Å². The van der Waals surface area contributed by atoms with E-state index in [0.29, 0.717) is 30.5 Å². The molecule has 0 aromatic heterocycles. The van der Waals surface area contributed by atoms with Gasteiger partial charge in [-0.05, 0) is 48.4 Å². The highest BCUT2D eigenvalue weighted by molar-refractivity contribution is 6.30. The third-order valence-corrected chi connectivity index (χ3v) is 6.22. The van der Waals surface area contributed by atoms with Gasteiger partial charge in [0, 0.05) is 43.3 Å². The molecule has 6 heteroatoms. The summed E-state index contributed by atoms with van der Waals surface area (Å²) in [5, 5.41) is 3.75. The Balaban J connectivity index is 1.64. The summed E-state index contributed by atoms with van der Waals surface area (Å²) in [6, 6.07) is 7.14. The Morgan fingerprint density at radius 1 is 1.07 bits per heavy atom. The summed E-state index contributed by atoms with van der Waals surface area (Å²) in [5.41, 5.74) is 0.778. The number of anilines is 1. The average Bonchev–Trinajstić information content (AvgIpc) is 3.17. The fourth-order valence-corrected chi connectivity index (χ4v) is 4.64. The Bertz CT molecular complexity index is 700. The number of piperazine rings is 1. The van der Waals surface area contributed by atoms with Gasteiger partial charge in [0.2, 0.25) is 11.8 Å². The number of rotatable bonds is 5. The predicted octanol–water partition coefficient (Wildman–Crippen LogP) is 4.42. The van der Waals surface area contributed by atoms with Gasteiger partial charge in [0.25, 0.3) is 0 Å². The normalized spacial score (nSPS) is 19.9. The van der Waals surface area contributed by atoms with Crippen molar-refractivity contribution in [2.24, 2.45) is 11.3 Å². The summed E-state index contributed by atoms with van der Waals surface area (Å²) in [5.74, 6) is 0.674. The Labute approximate surface area is 179 Å². The lowest BCUT2D eigenvalue weighted by molar-refractivity contribution is -0.136. The number of hydrogen-bond acceptors (Lipinski definition) is 3. The van der Waals surface area contributed by atoms with Gasteiger partial charge >= 0.3 is 0 Å². The van der Waals surface area contributed by atoms with Crippen LogP contribution in [0.2, 0.25) is 5.02 Å². The van der Waals surface area contributed by atoms with Crippen molar-refractivity contribution >= 4 is 29.1 Å². The van der Waals surface area contributed by atoms with Crippen LogP contribution < -0.4 is 5.32 Å². The van der Waals surface area contributed by atoms with Gasteiger partial charge in [0.15, 0.2) is 0 Å². The minimum atomic E-state index is -0.131. The molecule has 2 fully saturated rings. The maximum Gasteiger partial charge on any atom is 0.242 e. The minimum Gasteiger partial charge on any atom is -0.340 e. The molecule has 1 aliphatic carbocycles. The van der Waals surface area contributed by atoms with E-state index >= 15 is 0 Å². The first-order valence-electron chi connectivity index (χ1n) is 10.8. The second-order valence-electron chi connectivity index (χ2n) is 9.64. The van der Waals surface area contributed by atoms with E-state index in [2.05, 4.69) is 31.0 Å². The second-order valence-corrected chi connectivity index (χ2v) is 10.1. The fraction of sp³-hybridized carbons (Fsp3) is 0.652. The van der Waals surface area contributed by atoms with Crippen LogP contribution in [0.3, 0.4) is 0 Å². The molecular formula is C23H34ClN3O2. The van der Waals surface area contributed by atoms with Crippen LogP contribution in [-0.2, 0) is 9.59 Å². The highest BCUT2D eigenvalue weighted by atomic mass is 35.5. The van der Waals surface area contributed by atoms with Gasteiger partial charge in [-0.1, -0.05) is 45.2 Å². The van der Waals surface area contributed by atoms with E-state index in [4.69, 9.17) is 11.6 Å². The molecule has 1 aromatic carbocycles. The Kier molecular flexibility index (Phi) is 7.23. The zero-order valence-electron chi connectivity index (χ0n) is 17.9. The molecule has 1 atom stereocenters. The van der Waals surface area contributed by atoms with E-state index < -0.39 is 0 Å². The topological polar surface area (TPSA) is 52.7 Å². The largest absolute Gasteiger partial charge is 0.340 e. The quantitative estimate of drug-likeness (QED) is 0.768. The number of nitrogens with one attached hydrogen (secondary N) is 1. The lowest BCUT2D eigenvalue weighted by Gasteiger charge is -2.41. The summed E-state index contributed by atoms with van der Waals surface area (Å²) in [6.45, 7) is 9.20. The smallest absolute Gasteiger partial charge is 0.242 e. The number of nitrogens with zero attached hydrogens (tertiary/aromatic N) is 2. The van der Waals surface area contributed by atoms with Crippen LogP contribution in [-0.4, -0.2) is 53.8 Å². The van der Waals surface area contributed by atoms with Crippen LogP contribution in [0.15, 0.2) is 24.3 Å². The van der Waals surface area contributed by atoms with E-state index in [1.54, 1.807) is 12.1 Å². The molecule has 1 N–H and O–H groups in total. The number of carbonyl (C=O) groups excluding carboxylic acids is 2. The summed E-state index contributed by atoms with van der Waals surface area (Å²) in [6.07, 6.45) is 5.15. The third-order valence-electron chi connectivity index (χ3n) is 5.97. The van der Waals surface area contributed by atoms with E-state index in [1.165, 1.54) is 12.8 Å². The van der Waals surface area contributed by atoms with E-state index in [-0.39, 0.29) is 23.3 Å². The Hall–Kier alpha value is -1.59. The lowest BCUT2D eigenvalue weighted by Crippen LogP contribution is -2.57. The lowest BCUT2D eigenvalue weighted by atomic mass is 9.91. The molecule has 1 heterocycles. The van der Waals surface area contributed by atoms with Gasteiger partial charge in [-0.15, -0.1) is 0 Å². The molecule has 1 unspecified atom stereocenters. The molecule has 1 saturated heterocycles. The molecule has 2 amide bonds. The monoisotopic (exact) mass is 419 g/mol. The first-order valence-corrected chi connectivity index (χ1v) is 11.2. The van der Waals surface area contributed by atoms with Gasteiger partial charge in [-0.25, -0.2) is 0 Å². The Morgan fingerprint density at radius 3 is 2.21 bits per heavy atom. The maximum absolute atomic E-state index is 13.2. The molecule has 5 nitrogen and oxygen atoms in total. The van der Waals surface area contributed by atoms with Crippen molar-refractivity contribution in [1.29, 1.82) is 0 Å². The van der Waals surface area contributed by atoms with E-state index in [1.807, 2.05) is 17.0 Å². The molecule has 1 aromatic rings. The van der Waals surface area contributed by atoms with E-state index in [0.717, 1.165) is 31.6 Å². The summed E-state index contributed by atoms with van der Waals surface area (Å²) in [4.78, 5) is 30.0. The average molecular weight is 420 g/mol. The first-order chi connectivity index (χ1) is 13.7. The van der Waals surface area contributed by atoms with Crippen LogP contribution in [0, 0.1) is 11.3 Å². The number of carbonyl (C=O) groups is 2. The zero-order chi connectivity index (χ0) is 21.0. The molecule has 2 aliphatic rings. The van der Waals surface area contributed by atoms with Crippen LogP contribution >= 0.6 is 11.6 Å². The van der Waals surface area contributed by atoms with Gasteiger partial charge in [-0.2, -0.15) is 0 Å². The number of benzene rings is 1. The standard InChI is InChI=1S/C23H34ClN3O2/c1-23(2,3)16-20(28)26-12-14-27(15-13-26)21(17-6-4-5-7-17)22(29)25-19-10-8-18(24)9-11-19/h8-11,17,21H,4-7,12-16H2,1-3H3,(H,25,29). The van der Waals surface area contributed by atoms with Crippen molar-refractivity contribution in [1.82, 2.24) is 9.80 Å². The molecule has 160 valence electrons. The van der Waals surface area contributed by atoms with Crippen molar-refractivity contribution in [2.45, 2.75) is 58.9 Å². The van der Waals surface area contributed by atoms with E-state index in [9.17, 15) is 9.59 Å². The van der Waals surface area contributed by atoms with Crippen LogP contribution in [0.1, 0.15) is 52.9 Å². The number of hydrogen-bond donors (Lipinski definition) is 1. The summed E-state index contributed by atoms with van der Waals surface area (Å²) >= 11 is 5.96. The molecule has 1 aliphatic heterocycles. The van der Waals surface area contributed by atoms with Gasteiger partial charge in [0.1, 0.15) is 0 Å². The molecule has 1 saturated carbocycles. The van der Waals surface area contributed by atoms with Gasteiger partial charge in [-0.3, -0.25) is 14.5 Å². The summed E-state index contributed by atoms with van der Waals surface area (Å²) in [7, 11) is 0. The fourth-order valence-electron chi connectivity index (χ4n) is 4.52. The number of amides is 2. The molecule has 29 heavy (non-hydrogen) atoms. The number of halogens is 1. The zero-order valence-corrected chi connectivity index (χ0v) is 18.7. The third kappa shape index (κ3) is 6.19. The summed E-state index contributed by atoms with van der Waals surface area (Å²) < 4.78 is 0. The Morgan fingerprint density at radius 2 is 1.66 bits per heavy atom. The molecular weight excluding hydrogens is 386 g/mol. The van der Waals surface area contributed by atoms with Crippen molar-refractivity contribution in [2.75, 3.05) is 31.5 Å². The van der Waals surface area contributed by atoms with Crippen LogP contribution in [0.4, 0.5) is 5.69 Å². The van der Waals surface area contributed by atoms with Crippen molar-refractivity contribution in [3.8, 4) is 0 Å². The van der Waals surface area contributed by atoms with Crippen molar-refractivity contribution in [3.63, 3.8) is 0 Å². The maximum atomic E-state index is 13.2. The minimum absolute atomic E-state index is 0.000926. The molecule has 3 rings (SSSR count). The second kappa shape index (κ2) is 9.48. The molecule has 0 bridgehead atoms. The molecule has 0 spiro atoms. The highest BCUT2D eigenvalue weighted by Crippen LogP contribution is 2.32. The SMILES string of the molecule is CC(C)(C)CC(=O)N1CCN(C(C(=O)Nc2ccc(Cl)cc2)C2CCCC2)CC1. The van der Waals surface area contributed by atoms with Crippen LogP contribution in [0.5, 0.6) is 0 Å². The van der Waals surface area contributed by atoms with Crippen molar-refractivity contribution < 1.29 is 9.59 Å². The molecule has 0 radical (unpaired) electrons. The van der Waals surface area contributed by atoms with Crippen molar-refractivity contribution in [3.05, 3.63) is 29.3 Å². The first kappa shape index (κ1) is 22.1. The van der Waals surface area contributed by atoms with Gasteiger partial charge in [0.05, 0.1) is 6.04 Å².